The van der Waals surface area contributed by atoms with E-state index in [1.54, 1.807) is 36.4 Å². The number of carbonyl (C=O) groups excluding carboxylic acids is 1. The molecule has 2 aromatic rings. The van der Waals surface area contributed by atoms with Crippen molar-refractivity contribution >= 4 is 6.29 Å². The Labute approximate surface area is 148 Å². The van der Waals surface area contributed by atoms with Gasteiger partial charge in [0.15, 0.2) is 5.76 Å². The van der Waals surface area contributed by atoms with Crippen molar-refractivity contribution in [2.24, 2.45) is 0 Å². The average molecular weight is 362 g/mol. The predicted molar refractivity (Wildman–Crippen MR) is 85.4 cm³/mol. The van der Waals surface area contributed by atoms with E-state index in [1.165, 1.54) is 6.26 Å². The van der Waals surface area contributed by atoms with Crippen LogP contribution in [0.15, 0.2) is 47.1 Å². The second kappa shape index (κ2) is 7.18. The molecule has 0 spiro atoms. The summed E-state index contributed by atoms with van der Waals surface area (Å²) in [5.41, 5.74) is 0.501. The summed E-state index contributed by atoms with van der Waals surface area (Å²) >= 11 is 0. The molecule has 26 heavy (non-hydrogen) atoms. The third kappa shape index (κ3) is 3.25. The van der Waals surface area contributed by atoms with Crippen molar-refractivity contribution in [3.8, 4) is 5.75 Å². The lowest BCUT2D eigenvalue weighted by Crippen LogP contribution is -2.62. The Kier molecular flexibility index (Phi) is 4.75. The molecule has 0 amide bonds. The molecular weight excluding hydrogens is 344 g/mol. The lowest BCUT2D eigenvalue weighted by Gasteiger charge is -2.45. The van der Waals surface area contributed by atoms with Gasteiger partial charge in [-0.25, -0.2) is 0 Å². The monoisotopic (exact) mass is 362 g/mol. The largest absolute Gasteiger partial charge is 0.464 e. The quantitative estimate of drug-likeness (QED) is 0.777. The maximum absolute atomic E-state index is 10.7. The molecule has 1 aromatic carbocycles. The number of hydrogen-bond donors (Lipinski definition) is 2. The maximum atomic E-state index is 10.7. The number of furan rings is 1. The van der Waals surface area contributed by atoms with Gasteiger partial charge in [-0.1, -0.05) is 0 Å². The molecule has 8 nitrogen and oxygen atoms in total. The molecule has 1 aromatic heterocycles. The molecule has 6 atom stereocenters. The van der Waals surface area contributed by atoms with Crippen LogP contribution in [0.3, 0.4) is 0 Å². The number of aliphatic hydroxyl groups is 2. The van der Waals surface area contributed by atoms with Crippen LogP contribution in [-0.4, -0.2) is 53.8 Å². The van der Waals surface area contributed by atoms with Crippen molar-refractivity contribution in [1.82, 2.24) is 0 Å². The van der Waals surface area contributed by atoms with Crippen LogP contribution in [0.25, 0.3) is 0 Å². The van der Waals surface area contributed by atoms with Crippen LogP contribution < -0.4 is 4.74 Å². The Morgan fingerprint density at radius 2 is 1.88 bits per heavy atom. The van der Waals surface area contributed by atoms with Crippen molar-refractivity contribution in [2.45, 2.75) is 37.0 Å². The predicted octanol–water partition coefficient (Wildman–Crippen LogP) is 1.03. The fraction of sp³-hybridized carbons (Fsp3) is 0.389. The highest BCUT2D eigenvalue weighted by Crippen LogP contribution is 2.34. The van der Waals surface area contributed by atoms with Crippen LogP contribution in [0.2, 0.25) is 0 Å². The van der Waals surface area contributed by atoms with Crippen molar-refractivity contribution in [3.63, 3.8) is 0 Å². The number of rotatable bonds is 4. The molecule has 8 heteroatoms. The van der Waals surface area contributed by atoms with E-state index < -0.39 is 37.0 Å². The van der Waals surface area contributed by atoms with Gasteiger partial charge in [-0.05, 0) is 36.4 Å². The molecule has 2 N–H and O–H groups in total. The molecule has 2 aliphatic rings. The molecule has 2 saturated heterocycles. The van der Waals surface area contributed by atoms with Crippen LogP contribution in [0.5, 0.6) is 5.75 Å². The van der Waals surface area contributed by atoms with Gasteiger partial charge in [0, 0.05) is 5.56 Å². The van der Waals surface area contributed by atoms with Gasteiger partial charge in [-0.3, -0.25) is 4.79 Å². The van der Waals surface area contributed by atoms with Crippen LogP contribution in [-0.2, 0) is 14.2 Å². The SMILES string of the molecule is O=Cc1ccc(OC2OC3COC(c4ccco4)OC3C(O)C2O)cc1. The van der Waals surface area contributed by atoms with Gasteiger partial charge in [0.25, 0.3) is 0 Å². The third-order valence-electron chi connectivity index (χ3n) is 4.38. The van der Waals surface area contributed by atoms with Crippen LogP contribution >= 0.6 is 0 Å². The van der Waals surface area contributed by atoms with Gasteiger partial charge in [0.2, 0.25) is 12.6 Å². The molecule has 4 rings (SSSR count). The summed E-state index contributed by atoms with van der Waals surface area (Å²) in [6, 6.07) is 9.73. The van der Waals surface area contributed by atoms with Crippen LogP contribution in [0, 0.1) is 0 Å². The Balaban J connectivity index is 1.44. The highest BCUT2D eigenvalue weighted by Gasteiger charge is 2.50. The number of carbonyl (C=O) groups is 1. The molecule has 0 bridgehead atoms. The summed E-state index contributed by atoms with van der Waals surface area (Å²) in [5.74, 6) is 0.871. The normalized spacial score (nSPS) is 34.1. The van der Waals surface area contributed by atoms with E-state index in [2.05, 4.69) is 0 Å². The second-order valence-corrected chi connectivity index (χ2v) is 6.11. The first-order valence-corrected chi connectivity index (χ1v) is 8.19. The van der Waals surface area contributed by atoms with Gasteiger partial charge in [0.1, 0.15) is 36.5 Å². The highest BCUT2D eigenvalue weighted by molar-refractivity contribution is 5.74. The van der Waals surface area contributed by atoms with E-state index in [0.717, 1.165) is 6.29 Å². The van der Waals surface area contributed by atoms with E-state index in [0.29, 0.717) is 17.1 Å². The summed E-state index contributed by atoms with van der Waals surface area (Å²) in [6.45, 7) is 0.143. The Bertz CT molecular complexity index is 726. The topological polar surface area (TPSA) is 108 Å². The van der Waals surface area contributed by atoms with Gasteiger partial charge in [0.05, 0.1) is 12.9 Å². The smallest absolute Gasteiger partial charge is 0.229 e. The zero-order chi connectivity index (χ0) is 18.1. The number of ether oxygens (including phenoxy) is 4. The summed E-state index contributed by atoms with van der Waals surface area (Å²) in [7, 11) is 0. The maximum Gasteiger partial charge on any atom is 0.229 e. The number of benzene rings is 1. The second-order valence-electron chi connectivity index (χ2n) is 6.11. The molecule has 3 heterocycles. The lowest BCUT2D eigenvalue weighted by molar-refractivity contribution is -0.352. The summed E-state index contributed by atoms with van der Waals surface area (Å²) in [6.07, 6.45) is -3.60. The standard InChI is InChI=1S/C18H18O8/c19-8-10-3-5-11(6-4-10)24-18-15(21)14(20)16-13(25-18)9-23-17(26-16)12-2-1-7-22-12/h1-8,13-18,20-21H,9H2. The summed E-state index contributed by atoms with van der Waals surface area (Å²) in [5, 5.41) is 20.8. The highest BCUT2D eigenvalue weighted by atomic mass is 16.8. The van der Waals surface area contributed by atoms with Gasteiger partial charge < -0.3 is 33.6 Å². The minimum Gasteiger partial charge on any atom is -0.464 e. The van der Waals surface area contributed by atoms with E-state index in [1.807, 2.05) is 0 Å². The lowest BCUT2D eigenvalue weighted by atomic mass is 9.98. The number of fused-ring (bicyclic) bond motifs is 1. The molecular formula is C18H18O8. The molecule has 0 aliphatic carbocycles. The van der Waals surface area contributed by atoms with Gasteiger partial charge in [-0.2, -0.15) is 0 Å². The molecule has 2 fully saturated rings. The zero-order valence-electron chi connectivity index (χ0n) is 13.6. The van der Waals surface area contributed by atoms with Crippen LogP contribution in [0.1, 0.15) is 22.4 Å². The first-order chi connectivity index (χ1) is 12.7. The van der Waals surface area contributed by atoms with Crippen molar-refractivity contribution in [3.05, 3.63) is 54.0 Å². The van der Waals surface area contributed by atoms with Crippen LogP contribution in [0.4, 0.5) is 0 Å². The number of aliphatic hydroxyl groups excluding tert-OH is 2. The Hall–Kier alpha value is -2.23. The molecule has 2 aliphatic heterocycles. The zero-order valence-corrected chi connectivity index (χ0v) is 13.6. The summed E-state index contributed by atoms with van der Waals surface area (Å²) in [4.78, 5) is 10.7. The average Bonchev–Trinajstić information content (AvgIpc) is 3.21. The molecule has 6 unspecified atom stereocenters. The first kappa shape index (κ1) is 17.2. The molecule has 0 radical (unpaired) electrons. The van der Waals surface area contributed by atoms with Gasteiger partial charge in [-0.15, -0.1) is 0 Å². The first-order valence-electron chi connectivity index (χ1n) is 8.19. The third-order valence-corrected chi connectivity index (χ3v) is 4.38. The van der Waals surface area contributed by atoms with Gasteiger partial charge >= 0.3 is 0 Å². The van der Waals surface area contributed by atoms with E-state index in [4.69, 9.17) is 23.4 Å². The molecule has 138 valence electrons. The van der Waals surface area contributed by atoms with Crippen molar-refractivity contribution < 1.29 is 38.4 Å². The Morgan fingerprint density at radius 1 is 1.08 bits per heavy atom. The summed E-state index contributed by atoms with van der Waals surface area (Å²) < 4.78 is 27.9. The molecule has 0 saturated carbocycles. The Morgan fingerprint density at radius 3 is 2.58 bits per heavy atom. The minimum atomic E-state index is -1.32. The van der Waals surface area contributed by atoms with E-state index >= 15 is 0 Å². The fourth-order valence-corrected chi connectivity index (χ4v) is 3.00. The number of hydrogen-bond acceptors (Lipinski definition) is 8. The van der Waals surface area contributed by atoms with E-state index in [-0.39, 0.29) is 6.61 Å². The van der Waals surface area contributed by atoms with E-state index in [9.17, 15) is 15.0 Å². The van der Waals surface area contributed by atoms with Crippen molar-refractivity contribution in [2.75, 3.05) is 6.61 Å². The minimum absolute atomic E-state index is 0.143. The van der Waals surface area contributed by atoms with Crippen molar-refractivity contribution in [1.29, 1.82) is 0 Å². The fourth-order valence-electron chi connectivity index (χ4n) is 3.00. The number of aldehydes is 1.